The van der Waals surface area contributed by atoms with E-state index in [9.17, 15) is 4.79 Å². The molecule has 0 saturated carbocycles. The van der Waals surface area contributed by atoms with Crippen molar-refractivity contribution in [3.63, 3.8) is 0 Å². The van der Waals surface area contributed by atoms with Gasteiger partial charge in [-0.15, -0.1) is 0 Å². The Morgan fingerprint density at radius 3 is 2.00 bits per heavy atom. The first-order chi connectivity index (χ1) is 6.11. The van der Waals surface area contributed by atoms with Crippen LogP contribution in [0, 0.1) is 0 Å². The van der Waals surface area contributed by atoms with Gasteiger partial charge in [0.05, 0.1) is 0 Å². The van der Waals surface area contributed by atoms with Gasteiger partial charge >= 0.3 is 0 Å². The fourth-order valence-electron chi connectivity index (χ4n) is 0.696. The second kappa shape index (κ2) is 5.94. The molecule has 0 heterocycles. The summed E-state index contributed by atoms with van der Waals surface area (Å²) in [5.74, 6) is 0.199. The molecule has 0 fully saturated rings. The Kier molecular flexibility index (Phi) is 5.19. The minimum atomic E-state index is 0.0139. The van der Waals surface area contributed by atoms with E-state index in [1.807, 2.05) is 0 Å². The van der Waals surface area contributed by atoms with Gasteiger partial charge in [-0.2, -0.15) is 0 Å². The molecule has 0 aliphatic carbocycles. The van der Waals surface area contributed by atoms with Crippen LogP contribution in [-0.4, -0.2) is 17.2 Å². The number of Topliss-reactive ketones (excluding diaryl/α,β-unsaturated/α-hetero) is 1. The van der Waals surface area contributed by atoms with E-state index in [1.54, 1.807) is 12.1 Å². The molecule has 0 saturated heterocycles. The van der Waals surface area contributed by atoms with Gasteiger partial charge in [-0.25, -0.2) is 0 Å². The fraction of sp³-hybridized carbons (Fsp3) is 0.200. The van der Waals surface area contributed by atoms with E-state index in [4.69, 9.17) is 9.90 Å². The van der Waals surface area contributed by atoms with Crippen molar-refractivity contribution in [2.75, 3.05) is 0 Å². The molecular formula is C10H12O3. The van der Waals surface area contributed by atoms with Crippen molar-refractivity contribution in [2.24, 2.45) is 0 Å². The SMILES string of the molecule is CC(=O)c1ccc(O)cc1.CC=O. The van der Waals surface area contributed by atoms with Gasteiger partial charge in [0.1, 0.15) is 12.0 Å². The van der Waals surface area contributed by atoms with Crippen LogP contribution in [0.5, 0.6) is 5.75 Å². The summed E-state index contributed by atoms with van der Waals surface area (Å²) in [7, 11) is 0. The van der Waals surface area contributed by atoms with Crippen molar-refractivity contribution in [1.29, 1.82) is 0 Å². The molecular weight excluding hydrogens is 168 g/mol. The van der Waals surface area contributed by atoms with Crippen LogP contribution in [-0.2, 0) is 4.79 Å². The molecule has 1 rings (SSSR count). The van der Waals surface area contributed by atoms with Crippen LogP contribution in [0.2, 0.25) is 0 Å². The number of aldehydes is 1. The van der Waals surface area contributed by atoms with Crippen LogP contribution >= 0.6 is 0 Å². The number of ketones is 1. The molecule has 1 aromatic carbocycles. The maximum absolute atomic E-state index is 10.7. The van der Waals surface area contributed by atoms with Gasteiger partial charge in [0.25, 0.3) is 0 Å². The standard InChI is InChI=1S/C8H8O2.C2H4O/c1-6(9)7-2-4-8(10)5-3-7;1-2-3/h2-5,10H,1H3;2H,1H3. The Bertz CT molecular complexity index is 275. The molecule has 1 N–H and O–H groups in total. The summed E-state index contributed by atoms with van der Waals surface area (Å²) in [5, 5.41) is 8.83. The van der Waals surface area contributed by atoms with Gasteiger partial charge in [-0.3, -0.25) is 4.79 Å². The van der Waals surface area contributed by atoms with Gasteiger partial charge in [0.2, 0.25) is 0 Å². The average Bonchev–Trinajstić information content (AvgIpc) is 2.06. The van der Waals surface area contributed by atoms with E-state index in [1.165, 1.54) is 26.0 Å². The zero-order valence-electron chi connectivity index (χ0n) is 7.65. The first-order valence-electron chi connectivity index (χ1n) is 3.81. The smallest absolute Gasteiger partial charge is 0.159 e. The normalized spacial score (nSPS) is 8.15. The summed E-state index contributed by atoms with van der Waals surface area (Å²) in [4.78, 5) is 19.5. The summed E-state index contributed by atoms with van der Waals surface area (Å²) in [6.07, 6.45) is 0.750. The van der Waals surface area contributed by atoms with Crippen LogP contribution in [0.25, 0.3) is 0 Å². The lowest BCUT2D eigenvalue weighted by molar-refractivity contribution is -0.106. The fourth-order valence-corrected chi connectivity index (χ4v) is 0.696. The highest BCUT2D eigenvalue weighted by Crippen LogP contribution is 2.09. The second-order valence-corrected chi connectivity index (χ2v) is 2.34. The van der Waals surface area contributed by atoms with Crippen LogP contribution in [0.4, 0.5) is 0 Å². The van der Waals surface area contributed by atoms with Crippen LogP contribution in [0.1, 0.15) is 24.2 Å². The summed E-state index contributed by atoms with van der Waals surface area (Å²) < 4.78 is 0. The van der Waals surface area contributed by atoms with Gasteiger partial charge in [0.15, 0.2) is 5.78 Å². The van der Waals surface area contributed by atoms with Gasteiger partial charge in [-0.05, 0) is 38.1 Å². The highest BCUT2D eigenvalue weighted by molar-refractivity contribution is 5.94. The average molecular weight is 180 g/mol. The predicted octanol–water partition coefficient (Wildman–Crippen LogP) is 1.80. The van der Waals surface area contributed by atoms with E-state index < -0.39 is 0 Å². The monoisotopic (exact) mass is 180 g/mol. The number of hydrogen-bond acceptors (Lipinski definition) is 3. The number of carbonyl (C=O) groups is 2. The number of aromatic hydroxyl groups is 1. The third-order valence-corrected chi connectivity index (χ3v) is 1.27. The van der Waals surface area contributed by atoms with E-state index in [0.29, 0.717) is 5.56 Å². The van der Waals surface area contributed by atoms with Crippen LogP contribution in [0.15, 0.2) is 24.3 Å². The molecule has 0 amide bonds. The van der Waals surface area contributed by atoms with Crippen molar-refractivity contribution >= 4 is 12.1 Å². The third-order valence-electron chi connectivity index (χ3n) is 1.27. The Morgan fingerprint density at radius 1 is 1.31 bits per heavy atom. The number of carbonyl (C=O) groups excluding carboxylic acids is 2. The third kappa shape index (κ3) is 4.74. The molecule has 3 heteroatoms. The van der Waals surface area contributed by atoms with Crippen molar-refractivity contribution in [1.82, 2.24) is 0 Å². The van der Waals surface area contributed by atoms with Crippen LogP contribution in [0.3, 0.4) is 0 Å². The quantitative estimate of drug-likeness (QED) is 0.529. The number of hydrogen-bond donors (Lipinski definition) is 1. The zero-order chi connectivity index (χ0) is 10.3. The summed E-state index contributed by atoms with van der Waals surface area (Å²) in [5.41, 5.74) is 0.623. The van der Waals surface area contributed by atoms with Gasteiger partial charge < -0.3 is 9.90 Å². The lowest BCUT2D eigenvalue weighted by Crippen LogP contribution is -1.89. The molecule has 0 atom stereocenters. The molecule has 0 spiro atoms. The van der Waals surface area contributed by atoms with Gasteiger partial charge in [-0.1, -0.05) is 0 Å². The maximum Gasteiger partial charge on any atom is 0.159 e. The second-order valence-electron chi connectivity index (χ2n) is 2.34. The Morgan fingerprint density at radius 2 is 1.69 bits per heavy atom. The Balaban J connectivity index is 0.000000424. The summed E-state index contributed by atoms with van der Waals surface area (Å²) in [6.45, 7) is 2.94. The lowest BCUT2D eigenvalue weighted by atomic mass is 10.1. The van der Waals surface area contributed by atoms with Crippen LogP contribution < -0.4 is 0 Å². The highest BCUT2D eigenvalue weighted by Gasteiger charge is 1.96. The molecule has 0 aromatic heterocycles. The van der Waals surface area contributed by atoms with Gasteiger partial charge in [0, 0.05) is 5.56 Å². The van der Waals surface area contributed by atoms with E-state index in [0.717, 1.165) is 6.29 Å². The number of phenolic OH excluding ortho intramolecular Hbond substituents is 1. The zero-order valence-corrected chi connectivity index (χ0v) is 7.65. The summed E-state index contributed by atoms with van der Waals surface area (Å²) >= 11 is 0. The number of rotatable bonds is 1. The molecule has 0 unspecified atom stereocenters. The molecule has 0 bridgehead atoms. The lowest BCUT2D eigenvalue weighted by Gasteiger charge is -1.93. The first kappa shape index (κ1) is 11.4. The van der Waals surface area contributed by atoms with Crippen molar-refractivity contribution in [2.45, 2.75) is 13.8 Å². The van der Waals surface area contributed by atoms with Crippen molar-refractivity contribution < 1.29 is 14.7 Å². The number of benzene rings is 1. The molecule has 3 nitrogen and oxygen atoms in total. The van der Waals surface area contributed by atoms with Crippen molar-refractivity contribution in [3.05, 3.63) is 29.8 Å². The Labute approximate surface area is 77.0 Å². The molecule has 70 valence electrons. The molecule has 0 aliphatic rings. The largest absolute Gasteiger partial charge is 0.508 e. The number of phenols is 1. The molecule has 1 aromatic rings. The van der Waals surface area contributed by atoms with E-state index >= 15 is 0 Å². The van der Waals surface area contributed by atoms with E-state index in [-0.39, 0.29) is 11.5 Å². The van der Waals surface area contributed by atoms with E-state index in [2.05, 4.69) is 0 Å². The topological polar surface area (TPSA) is 54.4 Å². The molecule has 13 heavy (non-hydrogen) atoms. The minimum Gasteiger partial charge on any atom is -0.508 e. The molecule has 0 radical (unpaired) electrons. The summed E-state index contributed by atoms with van der Waals surface area (Å²) in [6, 6.07) is 6.18. The molecule has 0 aliphatic heterocycles. The first-order valence-corrected chi connectivity index (χ1v) is 3.81. The van der Waals surface area contributed by atoms with Crippen molar-refractivity contribution in [3.8, 4) is 5.75 Å². The Hall–Kier alpha value is -1.64. The maximum atomic E-state index is 10.7. The minimum absolute atomic E-state index is 0.0139. The predicted molar refractivity (Wildman–Crippen MR) is 49.8 cm³/mol. The highest BCUT2D eigenvalue weighted by atomic mass is 16.3.